The van der Waals surface area contributed by atoms with Crippen molar-refractivity contribution in [3.05, 3.63) is 125 Å². The molecule has 1 amide bonds. The Balaban J connectivity index is 1.34. The Morgan fingerprint density at radius 1 is 0.750 bits per heavy atom. The molecule has 0 bridgehead atoms. The van der Waals surface area contributed by atoms with Crippen LogP contribution in [0.3, 0.4) is 0 Å². The van der Waals surface area contributed by atoms with Gasteiger partial charge in [0, 0.05) is 56.2 Å². The summed E-state index contributed by atoms with van der Waals surface area (Å²) in [5.41, 5.74) is 14.6. The van der Waals surface area contributed by atoms with Gasteiger partial charge in [-0.25, -0.2) is 0 Å². The van der Waals surface area contributed by atoms with Crippen molar-refractivity contribution in [3.8, 4) is 0 Å². The number of pyridine rings is 1. The minimum absolute atomic E-state index is 0.222. The van der Waals surface area contributed by atoms with Gasteiger partial charge in [-0.1, -0.05) is 41.5 Å². The van der Waals surface area contributed by atoms with E-state index in [1.54, 1.807) is 36.5 Å². The number of fused-ring (bicyclic) bond motifs is 1. The van der Waals surface area contributed by atoms with Gasteiger partial charge in [0.25, 0.3) is 5.91 Å². The monoisotopic (exact) mass is 471 g/mol. The molecule has 0 radical (unpaired) electrons. The fourth-order valence-electron chi connectivity index (χ4n) is 3.82. The molecule has 36 heavy (non-hydrogen) atoms. The molecule has 1 aromatic heterocycles. The number of carbonyl (C=O) groups is 1. The number of hydrogen-bond donors (Lipinski definition) is 3. The number of para-hydroxylation sites is 1. The summed E-state index contributed by atoms with van der Waals surface area (Å²) >= 11 is 0. The number of hydrogen-bond acceptors (Lipinski definition) is 5. The molecule has 0 saturated heterocycles. The van der Waals surface area contributed by atoms with Crippen LogP contribution in [0.4, 0.5) is 34.1 Å². The molecule has 1 heterocycles. The van der Waals surface area contributed by atoms with E-state index in [1.807, 2.05) is 72.8 Å². The predicted octanol–water partition coefficient (Wildman–Crippen LogP) is 7.92. The molecule has 0 unspecified atom stereocenters. The normalized spacial score (nSPS) is 10.3. The van der Waals surface area contributed by atoms with Gasteiger partial charge in [-0.05, 0) is 72.3 Å². The van der Waals surface area contributed by atoms with E-state index in [0.29, 0.717) is 16.9 Å². The van der Waals surface area contributed by atoms with Gasteiger partial charge in [0.1, 0.15) is 0 Å². The fraction of sp³-hybridized carbons (Fsp3) is 0. The van der Waals surface area contributed by atoms with Crippen LogP contribution in [0.25, 0.3) is 21.3 Å². The predicted molar refractivity (Wildman–Crippen MR) is 144 cm³/mol. The van der Waals surface area contributed by atoms with E-state index in [9.17, 15) is 4.79 Å². The van der Waals surface area contributed by atoms with Gasteiger partial charge in [-0.15, -0.1) is 0 Å². The minimum atomic E-state index is -0.222. The molecular weight excluding hydrogens is 450 g/mol. The van der Waals surface area contributed by atoms with Crippen molar-refractivity contribution in [1.82, 2.24) is 4.98 Å². The highest BCUT2D eigenvalue weighted by atomic mass is 16.1. The molecule has 0 aliphatic carbocycles. The Hall–Kier alpha value is -5.33. The lowest BCUT2D eigenvalue weighted by atomic mass is 10.1. The van der Waals surface area contributed by atoms with Gasteiger partial charge in [0.05, 0.1) is 5.52 Å². The van der Waals surface area contributed by atoms with Crippen LogP contribution in [-0.2, 0) is 0 Å². The number of nitrogens with zero attached hydrogens (tertiary/aromatic N) is 4. The molecule has 5 rings (SSSR count). The van der Waals surface area contributed by atoms with Gasteiger partial charge in [-0.2, -0.15) is 0 Å². The fourth-order valence-corrected chi connectivity index (χ4v) is 3.82. The zero-order chi connectivity index (χ0) is 24.7. The number of benzene rings is 4. The maximum absolute atomic E-state index is 13.0. The zero-order valence-electron chi connectivity index (χ0n) is 19.1. The van der Waals surface area contributed by atoms with E-state index in [1.165, 1.54) is 0 Å². The third-order valence-corrected chi connectivity index (χ3v) is 5.47. The second-order valence-corrected chi connectivity index (χ2v) is 7.98. The smallest absolute Gasteiger partial charge is 0.255 e. The molecule has 3 N–H and O–H groups in total. The molecular formula is C28H21N7O. The summed E-state index contributed by atoms with van der Waals surface area (Å²) in [6.45, 7) is 0. The third-order valence-electron chi connectivity index (χ3n) is 5.47. The van der Waals surface area contributed by atoms with Crippen LogP contribution in [0.15, 0.2) is 114 Å². The Morgan fingerprint density at radius 3 is 2.33 bits per heavy atom. The summed E-state index contributed by atoms with van der Waals surface area (Å²) < 4.78 is 0. The molecule has 4 aromatic carbocycles. The summed E-state index contributed by atoms with van der Waals surface area (Å²) in [4.78, 5) is 20.2. The molecule has 8 heteroatoms. The number of amides is 1. The molecule has 0 atom stereocenters. The van der Waals surface area contributed by atoms with Gasteiger partial charge in [-0.3, -0.25) is 9.78 Å². The summed E-state index contributed by atoms with van der Waals surface area (Å²) in [6, 6.07) is 31.8. The van der Waals surface area contributed by atoms with E-state index in [2.05, 4.69) is 31.0 Å². The Morgan fingerprint density at radius 2 is 1.50 bits per heavy atom. The van der Waals surface area contributed by atoms with Crippen molar-refractivity contribution >= 4 is 50.9 Å². The lowest BCUT2D eigenvalue weighted by Crippen LogP contribution is -2.12. The number of azide groups is 1. The first kappa shape index (κ1) is 22.5. The van der Waals surface area contributed by atoms with Crippen LogP contribution in [0, 0.1) is 0 Å². The number of rotatable bonds is 7. The molecule has 0 spiro atoms. The Kier molecular flexibility index (Phi) is 6.42. The van der Waals surface area contributed by atoms with E-state index >= 15 is 0 Å². The lowest BCUT2D eigenvalue weighted by Gasteiger charge is -2.12. The zero-order valence-corrected chi connectivity index (χ0v) is 19.1. The van der Waals surface area contributed by atoms with E-state index in [-0.39, 0.29) is 5.91 Å². The van der Waals surface area contributed by atoms with Crippen molar-refractivity contribution in [1.29, 1.82) is 0 Å². The van der Waals surface area contributed by atoms with Crippen molar-refractivity contribution in [3.63, 3.8) is 0 Å². The quantitative estimate of drug-likeness (QED) is 0.127. The van der Waals surface area contributed by atoms with Crippen molar-refractivity contribution in [2.45, 2.75) is 0 Å². The Bertz CT molecular complexity index is 1590. The largest absolute Gasteiger partial charge is 0.355 e. The van der Waals surface area contributed by atoms with Gasteiger partial charge in [0.15, 0.2) is 0 Å². The van der Waals surface area contributed by atoms with Crippen LogP contribution in [-0.4, -0.2) is 10.9 Å². The highest BCUT2D eigenvalue weighted by Crippen LogP contribution is 2.29. The molecule has 0 aliphatic heterocycles. The minimum Gasteiger partial charge on any atom is -0.355 e. The van der Waals surface area contributed by atoms with Crippen molar-refractivity contribution in [2.24, 2.45) is 5.11 Å². The van der Waals surface area contributed by atoms with Gasteiger partial charge < -0.3 is 16.0 Å². The van der Waals surface area contributed by atoms with Gasteiger partial charge >= 0.3 is 0 Å². The van der Waals surface area contributed by atoms with Crippen LogP contribution in [0.1, 0.15) is 10.4 Å². The number of aromatic nitrogens is 1. The first-order valence-corrected chi connectivity index (χ1v) is 11.2. The van der Waals surface area contributed by atoms with E-state index in [0.717, 1.165) is 33.7 Å². The van der Waals surface area contributed by atoms with Crippen LogP contribution >= 0.6 is 0 Å². The second kappa shape index (κ2) is 10.3. The highest BCUT2D eigenvalue weighted by molar-refractivity contribution is 6.05. The maximum Gasteiger partial charge on any atom is 0.255 e. The topological polar surface area (TPSA) is 115 Å². The molecule has 0 saturated carbocycles. The number of anilines is 5. The highest BCUT2D eigenvalue weighted by Gasteiger charge is 2.09. The molecule has 5 aromatic rings. The Labute approximate surface area is 207 Å². The first-order valence-electron chi connectivity index (χ1n) is 11.2. The summed E-state index contributed by atoms with van der Waals surface area (Å²) in [5.74, 6) is -0.222. The van der Waals surface area contributed by atoms with Crippen LogP contribution in [0.5, 0.6) is 0 Å². The number of nitrogens with one attached hydrogen (secondary N) is 3. The van der Waals surface area contributed by atoms with Crippen molar-refractivity contribution in [2.75, 3.05) is 16.0 Å². The van der Waals surface area contributed by atoms with E-state index < -0.39 is 0 Å². The molecule has 174 valence electrons. The second-order valence-electron chi connectivity index (χ2n) is 7.98. The SMILES string of the molecule is [N-]=[N+]=Nc1ccc2nccc(Nc3cccc(C(=O)Nc4cccc(Nc5ccccc5)c4)c3)c2c1. The van der Waals surface area contributed by atoms with E-state index in [4.69, 9.17) is 5.53 Å². The first-order chi connectivity index (χ1) is 17.7. The maximum atomic E-state index is 13.0. The summed E-state index contributed by atoms with van der Waals surface area (Å²) in [5, 5.41) is 14.1. The standard InChI is InChI=1S/C28H21N7O/c29-35-34-24-12-13-26-25(18-24)27(14-15-30-26)32-21-9-4-6-19(16-21)28(36)33-23-11-5-10-22(17-23)31-20-7-2-1-3-8-20/h1-18,31H,(H,30,32)(H,33,36). The molecule has 0 aliphatic rings. The summed E-state index contributed by atoms with van der Waals surface area (Å²) in [6.07, 6.45) is 1.70. The van der Waals surface area contributed by atoms with Crippen LogP contribution in [0.2, 0.25) is 0 Å². The number of carbonyl (C=O) groups excluding carboxylic acids is 1. The average molecular weight is 472 g/mol. The third kappa shape index (κ3) is 5.25. The van der Waals surface area contributed by atoms with Crippen LogP contribution < -0.4 is 16.0 Å². The average Bonchev–Trinajstić information content (AvgIpc) is 2.90. The molecule has 8 nitrogen and oxygen atoms in total. The van der Waals surface area contributed by atoms with Crippen molar-refractivity contribution < 1.29 is 4.79 Å². The lowest BCUT2D eigenvalue weighted by molar-refractivity contribution is 0.102. The molecule has 0 fully saturated rings. The van der Waals surface area contributed by atoms with Gasteiger partial charge in [0.2, 0.25) is 0 Å². The summed E-state index contributed by atoms with van der Waals surface area (Å²) in [7, 11) is 0.